The Kier molecular flexibility index (Phi) is 6.21. The standard InChI is InChI=1S/C24H31NO2Si/c1-5-12-19-17-20(18-23(26)25-19)27-28(24(2,3)4,21-13-8-6-9-14-21)22-15-10-7-11-16-22/h5-11,13-16,19-20H,1,12,17-18H2,2-4H3,(H,25,26)/t19-,20-/m0/s1. The van der Waals surface area contributed by atoms with Gasteiger partial charge in [-0.2, -0.15) is 0 Å². The van der Waals surface area contributed by atoms with Crippen LogP contribution in [0.25, 0.3) is 0 Å². The Morgan fingerprint density at radius 2 is 1.61 bits per heavy atom. The van der Waals surface area contributed by atoms with Crippen molar-refractivity contribution in [1.29, 1.82) is 0 Å². The topological polar surface area (TPSA) is 38.3 Å². The van der Waals surface area contributed by atoms with Gasteiger partial charge in [-0.25, -0.2) is 0 Å². The molecule has 0 aliphatic carbocycles. The van der Waals surface area contributed by atoms with Crippen LogP contribution in [0.15, 0.2) is 73.3 Å². The van der Waals surface area contributed by atoms with E-state index in [4.69, 9.17) is 4.43 Å². The summed E-state index contributed by atoms with van der Waals surface area (Å²) in [6, 6.07) is 21.3. The van der Waals surface area contributed by atoms with Gasteiger partial charge in [0.05, 0.1) is 12.5 Å². The maximum atomic E-state index is 12.4. The molecule has 1 N–H and O–H groups in total. The second-order valence-electron chi connectivity index (χ2n) is 8.63. The summed E-state index contributed by atoms with van der Waals surface area (Å²) in [6.45, 7) is 10.6. The molecule has 0 spiro atoms. The Bertz CT molecular complexity index is 759. The maximum Gasteiger partial charge on any atom is 0.261 e. The van der Waals surface area contributed by atoms with Crippen LogP contribution in [0, 0.1) is 0 Å². The molecule has 0 aromatic heterocycles. The minimum absolute atomic E-state index is 0.0704. The molecule has 148 valence electrons. The zero-order chi connectivity index (χ0) is 20.2. The number of piperidine rings is 1. The van der Waals surface area contributed by atoms with Crippen LogP contribution >= 0.6 is 0 Å². The van der Waals surface area contributed by atoms with Crippen LogP contribution in [0.2, 0.25) is 5.04 Å². The van der Waals surface area contributed by atoms with E-state index in [1.807, 2.05) is 18.2 Å². The number of hydrogen-bond acceptors (Lipinski definition) is 2. The van der Waals surface area contributed by atoms with E-state index in [1.165, 1.54) is 10.4 Å². The molecule has 0 radical (unpaired) electrons. The fourth-order valence-corrected chi connectivity index (χ4v) is 9.03. The Hall–Kier alpha value is -2.17. The van der Waals surface area contributed by atoms with Crippen LogP contribution in [-0.2, 0) is 9.22 Å². The third-order valence-electron chi connectivity index (χ3n) is 5.54. The molecule has 2 aromatic rings. The second kappa shape index (κ2) is 8.46. The highest BCUT2D eigenvalue weighted by Gasteiger charge is 2.52. The van der Waals surface area contributed by atoms with E-state index in [2.05, 4.69) is 81.2 Å². The van der Waals surface area contributed by atoms with Gasteiger partial charge >= 0.3 is 0 Å². The monoisotopic (exact) mass is 393 g/mol. The lowest BCUT2D eigenvalue weighted by Crippen LogP contribution is -2.68. The van der Waals surface area contributed by atoms with Crippen molar-refractivity contribution in [2.24, 2.45) is 0 Å². The number of hydrogen-bond donors (Lipinski definition) is 1. The average Bonchev–Trinajstić information content (AvgIpc) is 2.66. The fraction of sp³-hybridized carbons (Fsp3) is 0.375. The zero-order valence-corrected chi connectivity index (χ0v) is 18.2. The fourth-order valence-electron chi connectivity index (χ4n) is 4.34. The van der Waals surface area contributed by atoms with Gasteiger partial charge in [0.25, 0.3) is 8.32 Å². The second-order valence-corrected chi connectivity index (χ2v) is 12.9. The van der Waals surface area contributed by atoms with E-state index >= 15 is 0 Å². The summed E-state index contributed by atoms with van der Waals surface area (Å²) in [4.78, 5) is 12.4. The van der Waals surface area contributed by atoms with E-state index in [0.29, 0.717) is 6.42 Å². The van der Waals surface area contributed by atoms with E-state index in [0.717, 1.165) is 12.8 Å². The molecule has 1 aliphatic rings. The van der Waals surface area contributed by atoms with Gasteiger partial charge in [0.2, 0.25) is 5.91 Å². The lowest BCUT2D eigenvalue weighted by molar-refractivity contribution is -0.126. The van der Waals surface area contributed by atoms with Gasteiger partial charge < -0.3 is 9.74 Å². The maximum absolute atomic E-state index is 12.4. The molecule has 1 amide bonds. The summed E-state index contributed by atoms with van der Waals surface area (Å²) in [5.41, 5.74) is 0. The van der Waals surface area contributed by atoms with Crippen molar-refractivity contribution in [1.82, 2.24) is 5.32 Å². The first-order valence-electron chi connectivity index (χ1n) is 10.1. The number of amides is 1. The van der Waals surface area contributed by atoms with Gasteiger partial charge in [0.1, 0.15) is 0 Å². The number of carbonyl (C=O) groups is 1. The third-order valence-corrected chi connectivity index (χ3v) is 10.6. The number of benzene rings is 2. The van der Waals surface area contributed by atoms with Crippen molar-refractivity contribution in [2.75, 3.05) is 0 Å². The average molecular weight is 394 g/mol. The summed E-state index contributed by atoms with van der Waals surface area (Å²) in [5.74, 6) is 0.0704. The van der Waals surface area contributed by atoms with Crippen LogP contribution in [0.4, 0.5) is 0 Å². The molecule has 4 heteroatoms. The third kappa shape index (κ3) is 4.13. The normalized spacial score (nSPS) is 20.5. The predicted octanol–water partition coefficient (Wildman–Crippen LogP) is 3.79. The van der Waals surface area contributed by atoms with Gasteiger partial charge in [0.15, 0.2) is 0 Å². The molecule has 28 heavy (non-hydrogen) atoms. The highest BCUT2D eigenvalue weighted by Crippen LogP contribution is 2.38. The van der Waals surface area contributed by atoms with Gasteiger partial charge in [-0.1, -0.05) is 87.5 Å². The van der Waals surface area contributed by atoms with Crippen LogP contribution < -0.4 is 15.7 Å². The van der Waals surface area contributed by atoms with Crippen molar-refractivity contribution in [3.63, 3.8) is 0 Å². The number of carbonyl (C=O) groups excluding carboxylic acids is 1. The number of nitrogens with one attached hydrogen (secondary N) is 1. The van der Waals surface area contributed by atoms with Crippen molar-refractivity contribution in [3.05, 3.63) is 73.3 Å². The molecule has 0 unspecified atom stereocenters. The zero-order valence-electron chi connectivity index (χ0n) is 17.2. The van der Waals surface area contributed by atoms with E-state index in [9.17, 15) is 4.79 Å². The van der Waals surface area contributed by atoms with Crippen LogP contribution in [0.5, 0.6) is 0 Å². The molecular weight excluding hydrogens is 362 g/mol. The predicted molar refractivity (Wildman–Crippen MR) is 118 cm³/mol. The molecule has 1 fully saturated rings. The molecule has 2 atom stereocenters. The first kappa shape index (κ1) is 20.6. The summed E-state index contributed by atoms with van der Waals surface area (Å²) in [5, 5.41) is 5.49. The quantitative estimate of drug-likeness (QED) is 0.599. The van der Waals surface area contributed by atoms with Gasteiger partial charge in [-0.15, -0.1) is 6.58 Å². The minimum atomic E-state index is -2.62. The first-order chi connectivity index (χ1) is 13.4. The molecule has 1 heterocycles. The largest absolute Gasteiger partial charge is 0.404 e. The SMILES string of the molecule is C=CC[C@H]1C[C@H](O[Si](c2ccccc2)(c2ccccc2)C(C)(C)C)CC(=O)N1. The highest BCUT2D eigenvalue weighted by molar-refractivity contribution is 6.99. The molecule has 0 bridgehead atoms. The minimum Gasteiger partial charge on any atom is -0.404 e. The summed E-state index contributed by atoms with van der Waals surface area (Å²) in [6.07, 6.45) is 3.79. The van der Waals surface area contributed by atoms with E-state index in [-0.39, 0.29) is 23.1 Å². The van der Waals surface area contributed by atoms with E-state index in [1.54, 1.807) is 0 Å². The van der Waals surface area contributed by atoms with Gasteiger partial charge in [-0.05, 0) is 28.3 Å². The van der Waals surface area contributed by atoms with Crippen LogP contribution in [-0.4, -0.2) is 26.4 Å². The Balaban J connectivity index is 2.08. The lowest BCUT2D eigenvalue weighted by Gasteiger charge is -2.46. The summed E-state index contributed by atoms with van der Waals surface area (Å²) in [7, 11) is -2.62. The van der Waals surface area contributed by atoms with Gasteiger partial charge in [-0.3, -0.25) is 4.79 Å². The number of rotatable bonds is 6. The molecule has 0 saturated carbocycles. The highest BCUT2D eigenvalue weighted by atomic mass is 28.4. The van der Waals surface area contributed by atoms with Crippen LogP contribution in [0.3, 0.4) is 0 Å². The summed E-state index contributed by atoms with van der Waals surface area (Å²) >= 11 is 0. The lowest BCUT2D eigenvalue weighted by atomic mass is 9.99. The van der Waals surface area contributed by atoms with Crippen molar-refractivity contribution in [2.45, 2.75) is 57.2 Å². The molecule has 2 aromatic carbocycles. The molecule has 1 aliphatic heterocycles. The van der Waals surface area contributed by atoms with Crippen molar-refractivity contribution < 1.29 is 9.22 Å². The summed E-state index contributed by atoms with van der Waals surface area (Å²) < 4.78 is 7.11. The van der Waals surface area contributed by atoms with Crippen molar-refractivity contribution in [3.8, 4) is 0 Å². The first-order valence-corrected chi connectivity index (χ1v) is 12.0. The van der Waals surface area contributed by atoms with Gasteiger partial charge in [0, 0.05) is 6.04 Å². The van der Waals surface area contributed by atoms with E-state index < -0.39 is 8.32 Å². The molecule has 1 saturated heterocycles. The Morgan fingerprint density at radius 1 is 1.07 bits per heavy atom. The smallest absolute Gasteiger partial charge is 0.261 e. The Morgan fingerprint density at radius 3 is 2.07 bits per heavy atom. The molecule has 3 nitrogen and oxygen atoms in total. The van der Waals surface area contributed by atoms with Crippen LogP contribution in [0.1, 0.15) is 40.0 Å². The Labute approximate surface area is 170 Å². The van der Waals surface area contributed by atoms with Crippen molar-refractivity contribution >= 4 is 24.6 Å². The molecule has 3 rings (SSSR count). The molecular formula is C24H31NO2Si.